The van der Waals surface area contributed by atoms with E-state index < -0.39 is 10.0 Å². The van der Waals surface area contributed by atoms with Crippen LogP contribution in [0.2, 0.25) is 0 Å². The van der Waals surface area contributed by atoms with Crippen LogP contribution >= 0.6 is 0 Å². The van der Waals surface area contributed by atoms with Gasteiger partial charge in [-0.3, -0.25) is 4.79 Å². The molecule has 1 amide bonds. The minimum atomic E-state index is -3.62. The van der Waals surface area contributed by atoms with E-state index >= 15 is 0 Å². The van der Waals surface area contributed by atoms with Crippen LogP contribution in [0.1, 0.15) is 41.9 Å². The first kappa shape index (κ1) is 18.7. The average Bonchev–Trinajstić information content (AvgIpc) is 3.42. The largest absolute Gasteiger partial charge is 0.459 e. The van der Waals surface area contributed by atoms with Crippen LogP contribution in [-0.2, 0) is 10.0 Å². The summed E-state index contributed by atoms with van der Waals surface area (Å²) in [7, 11) is -3.62. The van der Waals surface area contributed by atoms with Crippen LogP contribution in [0.3, 0.4) is 0 Å². The molecule has 146 valence electrons. The molecular weight excluding hydrogens is 376 g/mol. The molecule has 2 aromatic carbocycles. The summed E-state index contributed by atoms with van der Waals surface area (Å²) in [6.45, 7) is 2.27. The Morgan fingerprint density at radius 3 is 2.68 bits per heavy atom. The van der Waals surface area contributed by atoms with Crippen molar-refractivity contribution in [1.29, 1.82) is 0 Å². The Labute approximate surface area is 164 Å². The van der Waals surface area contributed by atoms with Crippen LogP contribution in [0.15, 0.2) is 63.9 Å². The van der Waals surface area contributed by atoms with Gasteiger partial charge in [-0.1, -0.05) is 24.3 Å². The number of para-hydroxylation sites is 1. The number of amides is 1. The Morgan fingerprint density at radius 2 is 1.93 bits per heavy atom. The highest BCUT2D eigenvalue weighted by molar-refractivity contribution is 7.89. The lowest BCUT2D eigenvalue weighted by Crippen LogP contribution is -2.28. The third-order valence-corrected chi connectivity index (χ3v) is 6.31. The first-order valence-electron chi connectivity index (χ1n) is 9.31. The lowest BCUT2D eigenvalue weighted by molar-refractivity contribution is 0.0935. The number of furan rings is 1. The summed E-state index contributed by atoms with van der Waals surface area (Å²) in [5, 5.41) is 3.83. The summed E-state index contributed by atoms with van der Waals surface area (Å²) in [5.74, 6) is 0.725. The molecular formula is C21H22N2O4S. The molecule has 0 bridgehead atoms. The summed E-state index contributed by atoms with van der Waals surface area (Å²) < 4.78 is 33.2. The van der Waals surface area contributed by atoms with Crippen molar-refractivity contribution >= 4 is 26.9 Å². The third kappa shape index (κ3) is 4.10. The highest BCUT2D eigenvalue weighted by Crippen LogP contribution is 2.28. The van der Waals surface area contributed by atoms with E-state index in [2.05, 4.69) is 10.0 Å². The van der Waals surface area contributed by atoms with Gasteiger partial charge in [-0.25, -0.2) is 13.1 Å². The van der Waals surface area contributed by atoms with E-state index in [1.54, 1.807) is 12.1 Å². The highest BCUT2D eigenvalue weighted by atomic mass is 32.2. The maximum absolute atomic E-state index is 12.6. The second-order valence-electron chi connectivity index (χ2n) is 7.20. The molecule has 1 unspecified atom stereocenters. The lowest BCUT2D eigenvalue weighted by atomic mass is 10.1. The van der Waals surface area contributed by atoms with E-state index in [1.165, 1.54) is 12.1 Å². The molecule has 3 aromatic rings. The van der Waals surface area contributed by atoms with Gasteiger partial charge in [-0.2, -0.15) is 0 Å². The first-order valence-corrected chi connectivity index (χ1v) is 10.8. The van der Waals surface area contributed by atoms with Crippen molar-refractivity contribution < 1.29 is 17.6 Å². The molecule has 0 aliphatic heterocycles. The fraction of sp³-hybridized carbons (Fsp3) is 0.286. The van der Waals surface area contributed by atoms with Gasteiger partial charge in [0.15, 0.2) is 0 Å². The van der Waals surface area contributed by atoms with Gasteiger partial charge in [0.2, 0.25) is 10.0 Å². The predicted octanol–water partition coefficient (Wildman–Crippen LogP) is 3.61. The zero-order valence-corrected chi connectivity index (χ0v) is 16.3. The number of sulfonamides is 1. The van der Waals surface area contributed by atoms with Crippen molar-refractivity contribution in [2.45, 2.75) is 30.7 Å². The molecule has 1 aliphatic rings. The van der Waals surface area contributed by atoms with Gasteiger partial charge in [0.1, 0.15) is 11.3 Å². The summed E-state index contributed by atoms with van der Waals surface area (Å²) in [6, 6.07) is 15.2. The van der Waals surface area contributed by atoms with Gasteiger partial charge in [0.25, 0.3) is 5.91 Å². The van der Waals surface area contributed by atoms with Gasteiger partial charge in [-0.05, 0) is 56.0 Å². The van der Waals surface area contributed by atoms with Gasteiger partial charge in [-0.15, -0.1) is 0 Å². The van der Waals surface area contributed by atoms with Crippen LogP contribution in [0.5, 0.6) is 0 Å². The number of rotatable bonds is 7. The van der Waals surface area contributed by atoms with E-state index in [0.717, 1.165) is 23.8 Å². The Kier molecular flexibility index (Phi) is 4.95. The van der Waals surface area contributed by atoms with E-state index in [9.17, 15) is 13.2 Å². The number of nitrogens with one attached hydrogen (secondary N) is 2. The number of hydrogen-bond acceptors (Lipinski definition) is 4. The summed E-state index contributed by atoms with van der Waals surface area (Å²) in [4.78, 5) is 12.7. The normalized spacial score (nSPS) is 15.5. The number of benzene rings is 2. The average molecular weight is 398 g/mol. The van der Waals surface area contributed by atoms with Crippen molar-refractivity contribution in [3.63, 3.8) is 0 Å². The zero-order chi connectivity index (χ0) is 19.7. The van der Waals surface area contributed by atoms with Crippen molar-refractivity contribution in [2.24, 2.45) is 5.92 Å². The minimum Gasteiger partial charge on any atom is -0.459 e. The quantitative estimate of drug-likeness (QED) is 0.636. The Hall–Kier alpha value is -2.64. The Bertz CT molecular complexity index is 1080. The molecule has 2 N–H and O–H groups in total. The maximum atomic E-state index is 12.6. The van der Waals surface area contributed by atoms with Crippen molar-refractivity contribution in [3.05, 3.63) is 65.9 Å². The molecule has 7 heteroatoms. The van der Waals surface area contributed by atoms with Crippen LogP contribution in [0, 0.1) is 5.92 Å². The fourth-order valence-corrected chi connectivity index (χ4v) is 4.17. The van der Waals surface area contributed by atoms with Gasteiger partial charge >= 0.3 is 0 Å². The number of carbonyl (C=O) groups excluding carboxylic acids is 1. The molecule has 1 fully saturated rings. The van der Waals surface area contributed by atoms with Crippen LogP contribution < -0.4 is 10.0 Å². The topological polar surface area (TPSA) is 88.4 Å². The number of fused-ring (bicyclic) bond motifs is 1. The Morgan fingerprint density at radius 1 is 1.14 bits per heavy atom. The van der Waals surface area contributed by atoms with E-state index in [-0.39, 0.29) is 22.4 Å². The number of hydrogen-bond donors (Lipinski definition) is 2. The molecule has 1 aliphatic carbocycles. The number of carbonyl (C=O) groups is 1. The summed E-state index contributed by atoms with van der Waals surface area (Å²) >= 11 is 0. The van der Waals surface area contributed by atoms with Crippen molar-refractivity contribution in [1.82, 2.24) is 10.0 Å². The molecule has 6 nitrogen and oxygen atoms in total. The molecule has 0 saturated heterocycles. The molecule has 0 radical (unpaired) electrons. The van der Waals surface area contributed by atoms with Crippen molar-refractivity contribution in [3.8, 4) is 0 Å². The van der Waals surface area contributed by atoms with Crippen LogP contribution in [-0.4, -0.2) is 20.9 Å². The molecule has 1 atom stereocenters. The summed E-state index contributed by atoms with van der Waals surface area (Å²) in [5.41, 5.74) is 1.05. The third-order valence-electron chi connectivity index (χ3n) is 4.88. The fourth-order valence-electron chi connectivity index (χ4n) is 3.00. The second-order valence-corrected chi connectivity index (χ2v) is 8.97. The predicted molar refractivity (Wildman–Crippen MR) is 106 cm³/mol. The van der Waals surface area contributed by atoms with E-state index in [0.29, 0.717) is 18.2 Å². The van der Waals surface area contributed by atoms with Crippen molar-refractivity contribution in [2.75, 3.05) is 6.54 Å². The van der Waals surface area contributed by atoms with E-state index in [4.69, 9.17) is 4.42 Å². The summed E-state index contributed by atoms with van der Waals surface area (Å²) in [6.07, 6.45) is 2.12. The Balaban J connectivity index is 1.48. The molecule has 4 rings (SSSR count). The second kappa shape index (κ2) is 7.41. The SMILES string of the molecule is CC(NC(=O)c1cccc(S(=O)(=O)NCC2CC2)c1)c1cc2ccccc2o1. The minimum absolute atomic E-state index is 0.0946. The highest BCUT2D eigenvalue weighted by Gasteiger charge is 2.25. The first-order chi connectivity index (χ1) is 13.4. The van der Waals surface area contributed by atoms with Gasteiger partial charge < -0.3 is 9.73 Å². The molecule has 1 aromatic heterocycles. The molecule has 1 saturated carbocycles. The van der Waals surface area contributed by atoms with Crippen LogP contribution in [0.25, 0.3) is 11.0 Å². The molecule has 0 spiro atoms. The monoisotopic (exact) mass is 398 g/mol. The zero-order valence-electron chi connectivity index (χ0n) is 15.5. The maximum Gasteiger partial charge on any atom is 0.251 e. The standard InChI is InChI=1S/C21H22N2O4S/c1-14(20-12-16-5-2-3-8-19(16)27-20)23-21(24)17-6-4-7-18(11-17)28(25,26)22-13-15-9-10-15/h2-8,11-12,14-15,22H,9-10,13H2,1H3,(H,23,24). The smallest absolute Gasteiger partial charge is 0.251 e. The van der Waals surface area contributed by atoms with Gasteiger partial charge in [0, 0.05) is 17.5 Å². The molecule has 1 heterocycles. The van der Waals surface area contributed by atoms with Gasteiger partial charge in [0.05, 0.1) is 10.9 Å². The van der Waals surface area contributed by atoms with E-state index in [1.807, 2.05) is 37.3 Å². The molecule has 28 heavy (non-hydrogen) atoms. The lowest BCUT2D eigenvalue weighted by Gasteiger charge is -2.12. The van der Waals surface area contributed by atoms with Crippen LogP contribution in [0.4, 0.5) is 0 Å².